The van der Waals surface area contributed by atoms with Gasteiger partial charge in [0.15, 0.2) is 0 Å². The third-order valence-corrected chi connectivity index (χ3v) is 7.71. The van der Waals surface area contributed by atoms with Crippen LogP contribution in [0, 0.1) is 5.41 Å². The van der Waals surface area contributed by atoms with Crippen LogP contribution in [0.4, 0.5) is 0 Å². The van der Waals surface area contributed by atoms with Crippen LogP contribution in [0.25, 0.3) is 0 Å². The second kappa shape index (κ2) is 18.9. The van der Waals surface area contributed by atoms with E-state index in [1.807, 2.05) is 0 Å². The predicted molar refractivity (Wildman–Crippen MR) is 143 cm³/mol. The molecule has 1 aromatic carbocycles. The fourth-order valence-electron chi connectivity index (χ4n) is 4.22. The normalized spacial score (nSPS) is 12.6. The minimum Gasteiger partial charge on any atom is -0.129 e. The average Bonchev–Trinajstić information content (AvgIpc) is 2.71. The number of benzene rings is 1. The Hall–Kier alpha value is 0.130. The Kier molecular flexibility index (Phi) is 18.9. The lowest BCUT2D eigenvalue weighted by molar-refractivity contribution is 0.309. The van der Waals surface area contributed by atoms with E-state index in [1.54, 1.807) is 0 Å². The highest BCUT2D eigenvalue weighted by molar-refractivity contribution is 8.93. The van der Waals surface area contributed by atoms with Crippen LogP contribution in [0.15, 0.2) is 30.3 Å². The SMILES string of the molecule is Br.CCCCCCCCCCCCCCCCCC(C)(C)C(P)c1ccccc1. The van der Waals surface area contributed by atoms with Gasteiger partial charge in [-0.05, 0) is 17.4 Å². The van der Waals surface area contributed by atoms with E-state index in [4.69, 9.17) is 0 Å². The summed E-state index contributed by atoms with van der Waals surface area (Å²) in [5.41, 5.74) is 2.38. The van der Waals surface area contributed by atoms with Gasteiger partial charge in [-0.3, -0.25) is 0 Å². The van der Waals surface area contributed by atoms with E-state index in [1.165, 1.54) is 108 Å². The molecule has 0 radical (unpaired) electrons. The molecule has 1 rings (SSSR count). The topological polar surface area (TPSA) is 0 Å². The maximum atomic E-state index is 3.09. The number of rotatable bonds is 18. The second-order valence-electron chi connectivity index (χ2n) is 9.58. The van der Waals surface area contributed by atoms with Crippen molar-refractivity contribution in [3.05, 3.63) is 35.9 Å². The summed E-state index contributed by atoms with van der Waals surface area (Å²) in [7, 11) is 3.09. The molecule has 2 unspecified atom stereocenters. The van der Waals surface area contributed by atoms with Gasteiger partial charge in [0.2, 0.25) is 0 Å². The van der Waals surface area contributed by atoms with Crippen molar-refractivity contribution < 1.29 is 0 Å². The summed E-state index contributed by atoms with van der Waals surface area (Å²) < 4.78 is 0. The van der Waals surface area contributed by atoms with Crippen LogP contribution >= 0.6 is 26.2 Å². The minimum absolute atomic E-state index is 0. The Bertz CT molecular complexity index is 457. The van der Waals surface area contributed by atoms with Crippen molar-refractivity contribution in [3.8, 4) is 0 Å². The predicted octanol–water partition coefficient (Wildman–Crippen LogP) is 10.5. The smallest absolute Gasteiger partial charge is 0.00364 e. The van der Waals surface area contributed by atoms with E-state index in [0.717, 1.165) is 0 Å². The zero-order valence-corrected chi connectivity index (χ0v) is 22.6. The summed E-state index contributed by atoms with van der Waals surface area (Å²) in [6.45, 7) is 7.16. The summed E-state index contributed by atoms with van der Waals surface area (Å²) in [6, 6.07) is 11.0. The van der Waals surface area contributed by atoms with Crippen LogP contribution in [0.3, 0.4) is 0 Å². The third-order valence-electron chi connectivity index (χ3n) is 6.43. The molecular formula is C27H50BrP. The highest BCUT2D eigenvalue weighted by Crippen LogP contribution is 2.44. The maximum absolute atomic E-state index is 3.09. The van der Waals surface area contributed by atoms with E-state index in [9.17, 15) is 0 Å². The van der Waals surface area contributed by atoms with Crippen molar-refractivity contribution in [2.75, 3.05) is 0 Å². The average molecular weight is 486 g/mol. The molecule has 0 saturated heterocycles. The number of hydrogen-bond donors (Lipinski definition) is 0. The van der Waals surface area contributed by atoms with E-state index in [-0.39, 0.29) is 17.0 Å². The molecule has 0 nitrogen and oxygen atoms in total. The standard InChI is InChI=1S/C27H49P.BrH/c1-4-5-6-7-8-9-10-11-12-13-14-15-16-17-21-24-27(2,3)26(28)25-22-19-18-20-23-25;/h18-20,22-23,26H,4-17,21,24,28H2,1-3H3;1H. The molecule has 0 saturated carbocycles. The molecule has 0 aliphatic carbocycles. The van der Waals surface area contributed by atoms with Crippen molar-refractivity contribution in [1.29, 1.82) is 0 Å². The molecule has 0 heterocycles. The summed E-state index contributed by atoms with van der Waals surface area (Å²) >= 11 is 0. The largest absolute Gasteiger partial charge is 0.129 e. The third kappa shape index (κ3) is 14.7. The first-order valence-electron chi connectivity index (χ1n) is 12.4. The van der Waals surface area contributed by atoms with E-state index < -0.39 is 0 Å². The first kappa shape index (κ1) is 29.1. The first-order chi connectivity index (χ1) is 13.6. The number of unbranched alkanes of at least 4 members (excludes halogenated alkanes) is 14. The molecule has 0 amide bonds. The maximum Gasteiger partial charge on any atom is 0.00364 e. The molecule has 0 spiro atoms. The zero-order chi connectivity index (χ0) is 20.5. The number of halogens is 1. The fourth-order valence-corrected chi connectivity index (χ4v) is 4.61. The van der Waals surface area contributed by atoms with Gasteiger partial charge in [-0.2, -0.15) is 0 Å². The molecule has 2 atom stereocenters. The van der Waals surface area contributed by atoms with Gasteiger partial charge in [0, 0.05) is 5.66 Å². The minimum atomic E-state index is 0. The molecule has 29 heavy (non-hydrogen) atoms. The van der Waals surface area contributed by atoms with Gasteiger partial charge in [0.25, 0.3) is 0 Å². The monoisotopic (exact) mass is 484 g/mol. The molecule has 2 heteroatoms. The first-order valence-corrected chi connectivity index (χ1v) is 13.0. The van der Waals surface area contributed by atoms with Crippen LogP contribution < -0.4 is 0 Å². The summed E-state index contributed by atoms with van der Waals surface area (Å²) in [5.74, 6) is 0. The van der Waals surface area contributed by atoms with Crippen molar-refractivity contribution in [3.63, 3.8) is 0 Å². The fraction of sp³-hybridized carbons (Fsp3) is 0.778. The summed E-state index contributed by atoms with van der Waals surface area (Å²) in [6.07, 6.45) is 23.0. The summed E-state index contributed by atoms with van der Waals surface area (Å²) in [5, 5.41) is 0. The van der Waals surface area contributed by atoms with Gasteiger partial charge < -0.3 is 0 Å². The number of hydrogen-bond acceptors (Lipinski definition) is 0. The lowest BCUT2D eigenvalue weighted by atomic mass is 9.80. The summed E-state index contributed by atoms with van der Waals surface area (Å²) in [4.78, 5) is 0. The highest BCUT2D eigenvalue weighted by Gasteiger charge is 2.26. The van der Waals surface area contributed by atoms with Gasteiger partial charge in [-0.25, -0.2) is 0 Å². The van der Waals surface area contributed by atoms with Gasteiger partial charge in [-0.15, -0.1) is 26.2 Å². The Morgan fingerprint density at radius 2 is 1.03 bits per heavy atom. The van der Waals surface area contributed by atoms with Gasteiger partial charge >= 0.3 is 0 Å². The highest BCUT2D eigenvalue weighted by atomic mass is 79.9. The Balaban J connectivity index is 0.00000784. The molecule has 0 N–H and O–H groups in total. The van der Waals surface area contributed by atoms with Gasteiger partial charge in [0.05, 0.1) is 0 Å². The lowest BCUT2D eigenvalue weighted by Crippen LogP contribution is -2.17. The quantitative estimate of drug-likeness (QED) is 0.143. The van der Waals surface area contributed by atoms with Crippen LogP contribution in [0.5, 0.6) is 0 Å². The van der Waals surface area contributed by atoms with Crippen molar-refractivity contribution in [1.82, 2.24) is 0 Å². The molecule has 0 aromatic heterocycles. The van der Waals surface area contributed by atoms with Crippen LogP contribution in [0.2, 0.25) is 0 Å². The molecular weight excluding hydrogens is 435 g/mol. The van der Waals surface area contributed by atoms with Gasteiger partial charge in [0.1, 0.15) is 0 Å². The second-order valence-corrected chi connectivity index (χ2v) is 10.2. The van der Waals surface area contributed by atoms with Crippen molar-refractivity contribution in [2.24, 2.45) is 5.41 Å². The molecule has 0 aliphatic rings. The Morgan fingerprint density at radius 3 is 1.45 bits per heavy atom. The van der Waals surface area contributed by atoms with Crippen LogP contribution in [-0.2, 0) is 0 Å². The van der Waals surface area contributed by atoms with E-state index >= 15 is 0 Å². The Morgan fingerprint density at radius 1 is 0.655 bits per heavy atom. The molecule has 0 bridgehead atoms. The van der Waals surface area contributed by atoms with Crippen LogP contribution in [0.1, 0.15) is 135 Å². The molecule has 0 fully saturated rings. The van der Waals surface area contributed by atoms with Crippen molar-refractivity contribution in [2.45, 2.75) is 129 Å². The van der Waals surface area contributed by atoms with Gasteiger partial charge in [-0.1, -0.05) is 147 Å². The molecule has 0 aliphatic heterocycles. The molecule has 170 valence electrons. The van der Waals surface area contributed by atoms with E-state index in [2.05, 4.69) is 60.3 Å². The molecule has 1 aromatic rings. The Labute approximate surface area is 196 Å². The van der Waals surface area contributed by atoms with E-state index in [0.29, 0.717) is 11.1 Å². The lowest BCUT2D eigenvalue weighted by Gasteiger charge is -2.32. The van der Waals surface area contributed by atoms with Crippen LogP contribution in [-0.4, -0.2) is 0 Å². The zero-order valence-electron chi connectivity index (χ0n) is 19.8. The van der Waals surface area contributed by atoms with Crippen molar-refractivity contribution >= 4 is 26.2 Å².